The van der Waals surface area contributed by atoms with E-state index in [1.54, 1.807) is 42.5 Å². The molecule has 0 atom stereocenters. The molecule has 0 bridgehead atoms. The maximum Gasteiger partial charge on any atom is 0.343 e. The molecule has 0 spiro atoms. The third-order valence-electron chi connectivity index (χ3n) is 5.02. The van der Waals surface area contributed by atoms with Crippen molar-refractivity contribution >= 4 is 29.7 Å². The summed E-state index contributed by atoms with van der Waals surface area (Å²) in [6.07, 6.45) is 1.46. The second-order valence-electron chi connectivity index (χ2n) is 8.08. The van der Waals surface area contributed by atoms with Gasteiger partial charge < -0.3 is 14.2 Å². The van der Waals surface area contributed by atoms with Gasteiger partial charge in [-0.15, -0.1) is 0 Å². The molecule has 3 aromatic carbocycles. The molecule has 0 aromatic heterocycles. The summed E-state index contributed by atoms with van der Waals surface area (Å²) < 4.78 is 16.5. The Morgan fingerprint density at radius 3 is 2.43 bits per heavy atom. The lowest BCUT2D eigenvalue weighted by molar-refractivity contribution is -0.123. The Morgan fingerprint density at radius 2 is 1.74 bits per heavy atom. The van der Waals surface area contributed by atoms with E-state index in [4.69, 9.17) is 25.8 Å². The molecular formula is C27H27ClN2O5. The first-order valence-electron chi connectivity index (χ1n) is 11.0. The summed E-state index contributed by atoms with van der Waals surface area (Å²) in [5, 5.41) is 4.50. The van der Waals surface area contributed by atoms with Crippen LogP contribution in [0.1, 0.15) is 46.8 Å². The molecule has 1 N–H and O–H groups in total. The summed E-state index contributed by atoms with van der Waals surface area (Å²) in [6, 6.07) is 17.2. The Labute approximate surface area is 209 Å². The van der Waals surface area contributed by atoms with Gasteiger partial charge in [0.2, 0.25) is 0 Å². The van der Waals surface area contributed by atoms with Crippen molar-refractivity contribution in [2.45, 2.75) is 26.7 Å². The molecule has 3 aromatic rings. The van der Waals surface area contributed by atoms with Crippen LogP contribution in [0.15, 0.2) is 65.8 Å². The molecule has 0 unspecified atom stereocenters. The highest BCUT2D eigenvalue weighted by Crippen LogP contribution is 2.29. The number of ether oxygens (including phenoxy) is 3. The maximum atomic E-state index is 12.4. The van der Waals surface area contributed by atoms with Crippen molar-refractivity contribution in [1.82, 2.24) is 5.43 Å². The third-order valence-corrected chi connectivity index (χ3v) is 5.27. The zero-order chi connectivity index (χ0) is 25.4. The number of nitrogens with one attached hydrogen (secondary N) is 1. The molecule has 0 aliphatic heterocycles. The van der Waals surface area contributed by atoms with Crippen molar-refractivity contribution in [3.05, 3.63) is 87.9 Å². The highest BCUT2D eigenvalue weighted by molar-refractivity contribution is 6.30. The van der Waals surface area contributed by atoms with Gasteiger partial charge in [-0.25, -0.2) is 10.2 Å². The second-order valence-corrected chi connectivity index (χ2v) is 8.52. The minimum Gasteiger partial charge on any atom is -0.493 e. The lowest BCUT2D eigenvalue weighted by Gasteiger charge is -2.14. The highest BCUT2D eigenvalue weighted by Gasteiger charge is 2.13. The third kappa shape index (κ3) is 7.32. The smallest absolute Gasteiger partial charge is 0.343 e. The number of carbonyl (C=O) groups is 2. The van der Waals surface area contributed by atoms with Crippen LogP contribution in [-0.2, 0) is 4.79 Å². The first-order chi connectivity index (χ1) is 16.8. The molecule has 7 nitrogen and oxygen atoms in total. The number of halogens is 1. The van der Waals surface area contributed by atoms with Crippen LogP contribution in [0.4, 0.5) is 0 Å². The SMILES string of the molecule is COc1cc(/C=N/NC(=O)COc2cc(C)ccc2C(C)C)ccc1OC(=O)c1ccc(Cl)cc1. The molecule has 0 radical (unpaired) electrons. The number of methoxy groups -OCH3 is 1. The first kappa shape index (κ1) is 25.8. The van der Waals surface area contributed by atoms with Gasteiger partial charge in [0, 0.05) is 5.02 Å². The number of nitrogens with zero attached hydrogens (tertiary/aromatic N) is 1. The Bertz CT molecular complexity index is 1220. The zero-order valence-electron chi connectivity index (χ0n) is 20.0. The topological polar surface area (TPSA) is 86.2 Å². The molecule has 0 aliphatic carbocycles. The van der Waals surface area contributed by atoms with Crippen LogP contribution >= 0.6 is 11.6 Å². The Hall–Kier alpha value is -3.84. The predicted octanol–water partition coefficient (Wildman–Crippen LogP) is 5.53. The Morgan fingerprint density at radius 1 is 1.00 bits per heavy atom. The van der Waals surface area contributed by atoms with E-state index in [2.05, 4.69) is 24.4 Å². The molecule has 0 fully saturated rings. The highest BCUT2D eigenvalue weighted by atomic mass is 35.5. The number of hydrazone groups is 1. The lowest BCUT2D eigenvalue weighted by atomic mass is 10.0. The Kier molecular flexibility index (Phi) is 8.86. The first-order valence-corrected chi connectivity index (χ1v) is 11.4. The van der Waals surface area contributed by atoms with Crippen molar-refractivity contribution in [1.29, 1.82) is 0 Å². The van der Waals surface area contributed by atoms with Gasteiger partial charge in [-0.2, -0.15) is 5.10 Å². The van der Waals surface area contributed by atoms with Crippen molar-refractivity contribution in [2.24, 2.45) is 5.10 Å². The average Bonchev–Trinajstić information content (AvgIpc) is 2.83. The summed E-state index contributed by atoms with van der Waals surface area (Å²) in [5.41, 5.74) is 5.53. The van der Waals surface area contributed by atoms with E-state index < -0.39 is 11.9 Å². The molecule has 0 heterocycles. The van der Waals surface area contributed by atoms with Crippen LogP contribution in [0.25, 0.3) is 0 Å². The van der Waals surface area contributed by atoms with Gasteiger partial charge in [0.1, 0.15) is 5.75 Å². The number of benzene rings is 3. The molecule has 0 aliphatic rings. The predicted molar refractivity (Wildman–Crippen MR) is 136 cm³/mol. The van der Waals surface area contributed by atoms with E-state index in [-0.39, 0.29) is 18.3 Å². The molecule has 35 heavy (non-hydrogen) atoms. The average molecular weight is 495 g/mol. The van der Waals surface area contributed by atoms with Gasteiger partial charge in [-0.1, -0.05) is 37.6 Å². The summed E-state index contributed by atoms with van der Waals surface area (Å²) in [7, 11) is 1.46. The molecule has 8 heteroatoms. The molecule has 182 valence electrons. The maximum absolute atomic E-state index is 12.4. The fourth-order valence-corrected chi connectivity index (χ4v) is 3.32. The number of carbonyl (C=O) groups excluding carboxylic acids is 2. The summed E-state index contributed by atoms with van der Waals surface area (Å²) in [4.78, 5) is 24.5. The van der Waals surface area contributed by atoms with Gasteiger partial charge in [0.05, 0.1) is 18.9 Å². The van der Waals surface area contributed by atoms with Crippen LogP contribution in [0, 0.1) is 6.92 Å². The molecule has 1 amide bonds. The number of aryl methyl sites for hydroxylation is 1. The standard InChI is InChI=1S/C27H27ClN2O5/c1-17(2)22-11-5-18(3)13-24(22)34-16-26(31)30-29-15-19-6-12-23(25(14-19)33-4)35-27(32)20-7-9-21(28)10-8-20/h5-15,17H,16H2,1-4H3,(H,30,31)/b29-15+. The van der Waals surface area contributed by atoms with E-state index in [0.717, 1.165) is 11.1 Å². The number of amides is 1. The van der Waals surface area contributed by atoms with Crippen LogP contribution in [0.3, 0.4) is 0 Å². The molecule has 3 rings (SSSR count). The number of hydrogen-bond donors (Lipinski definition) is 1. The lowest BCUT2D eigenvalue weighted by Crippen LogP contribution is -2.25. The van der Waals surface area contributed by atoms with Crippen molar-refractivity contribution < 1.29 is 23.8 Å². The van der Waals surface area contributed by atoms with Crippen LogP contribution in [0.2, 0.25) is 5.02 Å². The van der Waals surface area contributed by atoms with E-state index >= 15 is 0 Å². The van der Waals surface area contributed by atoms with Gasteiger partial charge in [-0.3, -0.25) is 4.79 Å². The summed E-state index contributed by atoms with van der Waals surface area (Å²) >= 11 is 5.85. The number of rotatable bonds is 9. The quantitative estimate of drug-likeness (QED) is 0.183. The largest absolute Gasteiger partial charge is 0.493 e. The number of hydrogen-bond acceptors (Lipinski definition) is 6. The van der Waals surface area contributed by atoms with E-state index in [0.29, 0.717) is 27.6 Å². The molecular weight excluding hydrogens is 468 g/mol. The van der Waals surface area contributed by atoms with E-state index in [1.807, 2.05) is 25.1 Å². The molecule has 0 saturated carbocycles. The minimum absolute atomic E-state index is 0.163. The normalized spacial score (nSPS) is 10.9. The van der Waals surface area contributed by atoms with Gasteiger partial charge in [0.15, 0.2) is 18.1 Å². The van der Waals surface area contributed by atoms with Gasteiger partial charge in [0.25, 0.3) is 5.91 Å². The van der Waals surface area contributed by atoms with E-state index in [9.17, 15) is 9.59 Å². The van der Waals surface area contributed by atoms with Gasteiger partial charge >= 0.3 is 5.97 Å². The second kappa shape index (κ2) is 12.0. The van der Waals surface area contributed by atoms with E-state index in [1.165, 1.54) is 13.3 Å². The monoisotopic (exact) mass is 494 g/mol. The van der Waals surface area contributed by atoms with Crippen LogP contribution in [0.5, 0.6) is 17.2 Å². The Balaban J connectivity index is 1.58. The number of esters is 1. The fraction of sp³-hybridized carbons (Fsp3) is 0.222. The zero-order valence-corrected chi connectivity index (χ0v) is 20.8. The summed E-state index contributed by atoms with van der Waals surface area (Å²) in [5.74, 6) is 0.622. The van der Waals surface area contributed by atoms with Crippen LogP contribution < -0.4 is 19.6 Å². The molecule has 0 saturated heterocycles. The van der Waals surface area contributed by atoms with Crippen molar-refractivity contribution in [2.75, 3.05) is 13.7 Å². The van der Waals surface area contributed by atoms with Crippen LogP contribution in [-0.4, -0.2) is 31.8 Å². The van der Waals surface area contributed by atoms with Crippen molar-refractivity contribution in [3.8, 4) is 17.2 Å². The van der Waals surface area contributed by atoms with Gasteiger partial charge in [-0.05, 0) is 78.1 Å². The summed E-state index contributed by atoms with van der Waals surface area (Å²) in [6.45, 7) is 5.95. The fourth-order valence-electron chi connectivity index (χ4n) is 3.19. The van der Waals surface area contributed by atoms with Crippen molar-refractivity contribution in [3.63, 3.8) is 0 Å². The minimum atomic E-state index is -0.539.